The molecule has 0 amide bonds. The molecule has 0 aromatic heterocycles. The molecule has 4 aliphatic carbocycles. The summed E-state index contributed by atoms with van der Waals surface area (Å²) in [6.45, 7) is 4.84. The number of hydrogen-bond donors (Lipinski definition) is 2. The first-order valence-electron chi connectivity index (χ1n) is 9.33. The third-order valence-corrected chi connectivity index (χ3v) is 8.56. The highest BCUT2D eigenvalue weighted by Gasteiger charge is 2.61. The predicted octanol–water partition coefficient (Wildman–Crippen LogP) is 3.75. The van der Waals surface area contributed by atoms with E-state index in [1.807, 2.05) is 0 Å². The Morgan fingerprint density at radius 1 is 0.810 bits per heavy atom. The minimum Gasteiger partial charge on any atom is -0.390 e. The van der Waals surface area contributed by atoms with Crippen LogP contribution in [0.15, 0.2) is 0 Å². The van der Waals surface area contributed by atoms with Crippen LogP contribution in [0.5, 0.6) is 0 Å². The first kappa shape index (κ1) is 14.5. The summed E-state index contributed by atoms with van der Waals surface area (Å²) in [6, 6.07) is 0. The van der Waals surface area contributed by atoms with Crippen LogP contribution in [0.1, 0.15) is 71.6 Å². The molecule has 2 N–H and O–H groups in total. The SMILES string of the molecule is C[C@]12CCCC[C@@H]1CC[C@H]1[C@H]2CC[C@]2(C)[C@H](O)[C@H](O)C[C@H]12. The van der Waals surface area contributed by atoms with Crippen molar-refractivity contribution in [3.8, 4) is 0 Å². The van der Waals surface area contributed by atoms with E-state index in [-0.39, 0.29) is 5.41 Å². The van der Waals surface area contributed by atoms with E-state index in [1.54, 1.807) is 0 Å². The molecule has 0 aromatic rings. The van der Waals surface area contributed by atoms with Crippen LogP contribution in [-0.4, -0.2) is 22.4 Å². The van der Waals surface area contributed by atoms with Crippen molar-refractivity contribution in [3.05, 3.63) is 0 Å². The largest absolute Gasteiger partial charge is 0.390 e. The summed E-state index contributed by atoms with van der Waals surface area (Å²) < 4.78 is 0. The van der Waals surface area contributed by atoms with Gasteiger partial charge in [0.1, 0.15) is 0 Å². The molecular weight excluding hydrogens is 260 g/mol. The smallest absolute Gasteiger partial charge is 0.0855 e. The van der Waals surface area contributed by atoms with Crippen molar-refractivity contribution in [2.75, 3.05) is 0 Å². The van der Waals surface area contributed by atoms with Gasteiger partial charge in [0, 0.05) is 0 Å². The summed E-state index contributed by atoms with van der Waals surface area (Å²) in [6.07, 6.45) is 10.8. The Balaban J connectivity index is 1.65. The Bertz CT molecular complexity index is 422. The third-order valence-electron chi connectivity index (χ3n) is 8.56. The van der Waals surface area contributed by atoms with E-state index >= 15 is 0 Å². The second-order valence-corrected chi connectivity index (χ2v) is 9.20. The molecular formula is C19H32O2. The first-order valence-corrected chi connectivity index (χ1v) is 9.33. The van der Waals surface area contributed by atoms with E-state index in [1.165, 1.54) is 44.9 Å². The molecule has 120 valence electrons. The molecule has 4 rings (SSSR count). The van der Waals surface area contributed by atoms with Gasteiger partial charge in [-0.3, -0.25) is 0 Å². The van der Waals surface area contributed by atoms with Crippen LogP contribution in [0.2, 0.25) is 0 Å². The summed E-state index contributed by atoms with van der Waals surface area (Å²) in [5.74, 6) is 3.12. The van der Waals surface area contributed by atoms with E-state index < -0.39 is 12.2 Å². The first-order chi connectivity index (χ1) is 9.97. The molecule has 4 saturated carbocycles. The standard InChI is InChI=1S/C19H32O2/c1-18-9-4-3-5-12(18)6-7-13-14(18)8-10-19(2)15(13)11-16(20)17(19)21/h12-17,20-21H,3-11H2,1-2H3/t12-,13+,14-,15-,16-,17-,18+,19+/m1/s1. The average molecular weight is 292 g/mol. The molecule has 0 spiro atoms. The molecule has 21 heavy (non-hydrogen) atoms. The van der Waals surface area contributed by atoms with Crippen LogP contribution >= 0.6 is 0 Å². The minimum absolute atomic E-state index is 0.0154. The van der Waals surface area contributed by atoms with Crippen LogP contribution < -0.4 is 0 Å². The fourth-order valence-corrected chi connectivity index (χ4v) is 7.28. The fraction of sp³-hybridized carbons (Fsp3) is 1.00. The van der Waals surface area contributed by atoms with Gasteiger partial charge in [0.15, 0.2) is 0 Å². The van der Waals surface area contributed by atoms with Gasteiger partial charge in [0.05, 0.1) is 12.2 Å². The number of hydrogen-bond acceptors (Lipinski definition) is 2. The fourth-order valence-electron chi connectivity index (χ4n) is 7.28. The third kappa shape index (κ3) is 1.84. The van der Waals surface area contributed by atoms with Gasteiger partial charge in [-0.15, -0.1) is 0 Å². The van der Waals surface area contributed by atoms with Crippen molar-refractivity contribution in [1.29, 1.82) is 0 Å². The summed E-state index contributed by atoms with van der Waals surface area (Å²) in [5.41, 5.74) is 0.541. The highest BCUT2D eigenvalue weighted by Crippen LogP contribution is 2.66. The number of aliphatic hydroxyl groups is 2. The van der Waals surface area contributed by atoms with Crippen molar-refractivity contribution < 1.29 is 10.2 Å². The summed E-state index contributed by atoms with van der Waals surface area (Å²) in [7, 11) is 0. The average Bonchev–Trinajstić information content (AvgIpc) is 2.70. The Morgan fingerprint density at radius 2 is 1.62 bits per heavy atom. The van der Waals surface area contributed by atoms with E-state index in [4.69, 9.17) is 0 Å². The van der Waals surface area contributed by atoms with Crippen LogP contribution in [0.25, 0.3) is 0 Å². The predicted molar refractivity (Wildman–Crippen MR) is 83.7 cm³/mol. The monoisotopic (exact) mass is 292 g/mol. The maximum absolute atomic E-state index is 10.5. The van der Waals surface area contributed by atoms with Gasteiger partial charge in [-0.05, 0) is 79.4 Å². The Hall–Kier alpha value is -0.0800. The summed E-state index contributed by atoms with van der Waals surface area (Å²) in [4.78, 5) is 0. The van der Waals surface area contributed by atoms with Gasteiger partial charge in [0.25, 0.3) is 0 Å². The molecule has 4 aliphatic rings. The van der Waals surface area contributed by atoms with Crippen molar-refractivity contribution in [3.63, 3.8) is 0 Å². The van der Waals surface area contributed by atoms with E-state index in [0.29, 0.717) is 11.3 Å². The van der Waals surface area contributed by atoms with Crippen LogP contribution in [-0.2, 0) is 0 Å². The number of fused-ring (bicyclic) bond motifs is 5. The van der Waals surface area contributed by atoms with E-state index in [9.17, 15) is 10.2 Å². The lowest BCUT2D eigenvalue weighted by molar-refractivity contribution is -0.123. The molecule has 0 bridgehead atoms. The van der Waals surface area contributed by atoms with Gasteiger partial charge < -0.3 is 10.2 Å². The molecule has 0 saturated heterocycles. The summed E-state index contributed by atoms with van der Waals surface area (Å²) in [5, 5.41) is 20.7. The van der Waals surface area contributed by atoms with Gasteiger partial charge >= 0.3 is 0 Å². The zero-order valence-corrected chi connectivity index (χ0v) is 13.7. The normalized spacial score (nSPS) is 60.0. The quantitative estimate of drug-likeness (QED) is 0.714. The summed E-state index contributed by atoms with van der Waals surface area (Å²) >= 11 is 0. The zero-order chi connectivity index (χ0) is 14.8. The Kier molecular flexibility index (Phi) is 3.25. The lowest BCUT2D eigenvalue weighted by Crippen LogP contribution is -2.53. The lowest BCUT2D eigenvalue weighted by Gasteiger charge is -2.60. The molecule has 2 nitrogen and oxygen atoms in total. The van der Waals surface area contributed by atoms with Gasteiger partial charge in [0.2, 0.25) is 0 Å². The topological polar surface area (TPSA) is 40.5 Å². The second kappa shape index (κ2) is 4.71. The molecule has 0 aliphatic heterocycles. The second-order valence-electron chi connectivity index (χ2n) is 9.20. The van der Waals surface area contributed by atoms with Crippen LogP contribution in [0.3, 0.4) is 0 Å². The highest BCUT2D eigenvalue weighted by atomic mass is 16.3. The van der Waals surface area contributed by atoms with Gasteiger partial charge in [-0.1, -0.05) is 26.7 Å². The minimum atomic E-state index is -0.486. The van der Waals surface area contributed by atoms with Crippen molar-refractivity contribution in [2.45, 2.75) is 83.8 Å². The Morgan fingerprint density at radius 3 is 2.43 bits per heavy atom. The van der Waals surface area contributed by atoms with Crippen molar-refractivity contribution in [2.24, 2.45) is 34.5 Å². The lowest BCUT2D eigenvalue weighted by atomic mass is 9.45. The van der Waals surface area contributed by atoms with Crippen LogP contribution in [0.4, 0.5) is 0 Å². The molecule has 0 unspecified atom stereocenters. The number of rotatable bonds is 0. The molecule has 4 fully saturated rings. The number of aliphatic hydroxyl groups excluding tert-OH is 2. The van der Waals surface area contributed by atoms with Crippen LogP contribution in [0, 0.1) is 34.5 Å². The maximum Gasteiger partial charge on any atom is 0.0855 e. The van der Waals surface area contributed by atoms with Crippen molar-refractivity contribution >= 4 is 0 Å². The Labute approximate surface area is 129 Å². The maximum atomic E-state index is 10.5. The highest BCUT2D eigenvalue weighted by molar-refractivity contribution is 5.10. The van der Waals surface area contributed by atoms with E-state index in [2.05, 4.69) is 13.8 Å². The molecule has 0 heterocycles. The van der Waals surface area contributed by atoms with E-state index in [0.717, 1.165) is 30.6 Å². The van der Waals surface area contributed by atoms with Crippen molar-refractivity contribution in [1.82, 2.24) is 0 Å². The zero-order valence-electron chi connectivity index (χ0n) is 13.7. The molecule has 0 aromatic carbocycles. The molecule has 0 radical (unpaired) electrons. The molecule has 8 atom stereocenters. The van der Waals surface area contributed by atoms with Gasteiger partial charge in [-0.25, -0.2) is 0 Å². The van der Waals surface area contributed by atoms with Gasteiger partial charge in [-0.2, -0.15) is 0 Å². The molecule has 2 heteroatoms.